The van der Waals surface area contributed by atoms with E-state index in [1.165, 1.54) is 0 Å². The first-order valence-electron chi connectivity index (χ1n) is 6.59. The third kappa shape index (κ3) is 3.15. The third-order valence-electron chi connectivity index (χ3n) is 2.99. The highest BCUT2D eigenvalue weighted by Gasteiger charge is 2.16. The van der Waals surface area contributed by atoms with Crippen molar-refractivity contribution in [2.75, 3.05) is 5.32 Å². The van der Waals surface area contributed by atoms with Crippen molar-refractivity contribution in [1.82, 2.24) is 10.2 Å². The summed E-state index contributed by atoms with van der Waals surface area (Å²) >= 11 is 5.83. The molecule has 2 aromatic carbocycles. The molecule has 0 saturated heterocycles. The van der Waals surface area contributed by atoms with Gasteiger partial charge in [0, 0.05) is 16.3 Å². The molecule has 1 heterocycles. The first kappa shape index (κ1) is 14.3. The summed E-state index contributed by atoms with van der Waals surface area (Å²) in [6.07, 6.45) is 0. The van der Waals surface area contributed by atoms with Gasteiger partial charge in [0.2, 0.25) is 5.89 Å². The molecular weight excluding hydrogens is 302 g/mol. The van der Waals surface area contributed by atoms with Gasteiger partial charge in [0.05, 0.1) is 0 Å². The van der Waals surface area contributed by atoms with E-state index in [9.17, 15) is 4.79 Å². The molecule has 0 radical (unpaired) electrons. The van der Waals surface area contributed by atoms with Crippen molar-refractivity contribution < 1.29 is 9.21 Å². The SMILES string of the molecule is Cc1cccc(NC(=O)c2nnc(-c3ccc(Cl)cc3)o2)c1. The molecular formula is C16H12ClN3O2. The summed E-state index contributed by atoms with van der Waals surface area (Å²) in [6, 6.07) is 14.4. The molecule has 0 aliphatic rings. The Morgan fingerprint density at radius 3 is 2.64 bits per heavy atom. The molecule has 1 amide bonds. The van der Waals surface area contributed by atoms with Crippen molar-refractivity contribution >= 4 is 23.2 Å². The summed E-state index contributed by atoms with van der Waals surface area (Å²) in [7, 11) is 0. The van der Waals surface area contributed by atoms with E-state index in [1.54, 1.807) is 30.3 Å². The minimum Gasteiger partial charge on any atom is -0.412 e. The molecule has 5 nitrogen and oxygen atoms in total. The average Bonchev–Trinajstić information content (AvgIpc) is 2.98. The number of amides is 1. The van der Waals surface area contributed by atoms with Crippen LogP contribution in [0.5, 0.6) is 0 Å². The smallest absolute Gasteiger partial charge is 0.313 e. The molecule has 0 spiro atoms. The maximum absolute atomic E-state index is 12.1. The number of aryl methyl sites for hydroxylation is 1. The van der Waals surface area contributed by atoms with Crippen LogP contribution in [-0.4, -0.2) is 16.1 Å². The zero-order valence-corrected chi connectivity index (χ0v) is 12.5. The minimum absolute atomic E-state index is 0.0912. The van der Waals surface area contributed by atoms with Crippen molar-refractivity contribution in [2.45, 2.75) is 6.92 Å². The van der Waals surface area contributed by atoms with Gasteiger partial charge in [0.1, 0.15) is 0 Å². The normalized spacial score (nSPS) is 10.5. The second-order valence-electron chi connectivity index (χ2n) is 4.74. The second kappa shape index (κ2) is 5.99. The van der Waals surface area contributed by atoms with Gasteiger partial charge in [-0.3, -0.25) is 4.79 Å². The zero-order chi connectivity index (χ0) is 15.5. The number of halogens is 1. The summed E-state index contributed by atoms with van der Waals surface area (Å²) in [5.41, 5.74) is 2.42. The lowest BCUT2D eigenvalue weighted by Gasteiger charge is -2.02. The third-order valence-corrected chi connectivity index (χ3v) is 3.24. The van der Waals surface area contributed by atoms with E-state index in [0.717, 1.165) is 5.56 Å². The minimum atomic E-state index is -0.446. The molecule has 0 atom stereocenters. The number of nitrogens with one attached hydrogen (secondary N) is 1. The topological polar surface area (TPSA) is 68.0 Å². The average molecular weight is 314 g/mol. The predicted molar refractivity (Wildman–Crippen MR) is 83.9 cm³/mol. The Morgan fingerprint density at radius 1 is 1.14 bits per heavy atom. The Kier molecular flexibility index (Phi) is 3.89. The largest absolute Gasteiger partial charge is 0.412 e. The number of benzene rings is 2. The monoisotopic (exact) mass is 313 g/mol. The molecule has 1 N–H and O–H groups in total. The standard InChI is InChI=1S/C16H12ClN3O2/c1-10-3-2-4-13(9-10)18-14(21)16-20-19-15(22-16)11-5-7-12(17)8-6-11/h2-9H,1H3,(H,18,21). The van der Waals surface area contributed by atoms with Crippen molar-refractivity contribution in [3.05, 3.63) is 65.0 Å². The van der Waals surface area contributed by atoms with Gasteiger partial charge in [-0.25, -0.2) is 0 Å². The van der Waals surface area contributed by atoms with E-state index < -0.39 is 5.91 Å². The van der Waals surface area contributed by atoms with Gasteiger partial charge in [0.15, 0.2) is 0 Å². The van der Waals surface area contributed by atoms with Crippen LogP contribution >= 0.6 is 11.6 Å². The molecule has 6 heteroatoms. The van der Waals surface area contributed by atoms with Gasteiger partial charge >= 0.3 is 11.8 Å². The van der Waals surface area contributed by atoms with Crippen LogP contribution in [-0.2, 0) is 0 Å². The summed E-state index contributed by atoms with van der Waals surface area (Å²) in [5.74, 6) is -0.268. The van der Waals surface area contributed by atoms with E-state index >= 15 is 0 Å². The molecule has 0 unspecified atom stereocenters. The molecule has 22 heavy (non-hydrogen) atoms. The molecule has 0 bridgehead atoms. The highest BCUT2D eigenvalue weighted by atomic mass is 35.5. The van der Waals surface area contributed by atoms with Gasteiger partial charge < -0.3 is 9.73 Å². The van der Waals surface area contributed by atoms with Gasteiger partial charge in [-0.05, 0) is 48.9 Å². The molecule has 0 fully saturated rings. The van der Waals surface area contributed by atoms with Crippen LogP contribution in [0.3, 0.4) is 0 Å². The number of nitrogens with zero attached hydrogens (tertiary/aromatic N) is 2. The quantitative estimate of drug-likeness (QED) is 0.795. The van der Waals surface area contributed by atoms with Crippen LogP contribution in [0.2, 0.25) is 5.02 Å². The number of rotatable bonds is 3. The van der Waals surface area contributed by atoms with Gasteiger partial charge in [-0.1, -0.05) is 23.7 Å². The van der Waals surface area contributed by atoms with Gasteiger partial charge in [0.25, 0.3) is 0 Å². The number of hydrogen-bond donors (Lipinski definition) is 1. The first-order valence-corrected chi connectivity index (χ1v) is 6.97. The summed E-state index contributed by atoms with van der Waals surface area (Å²) in [5, 5.41) is 11.0. The van der Waals surface area contributed by atoms with Crippen molar-refractivity contribution in [3.63, 3.8) is 0 Å². The number of carbonyl (C=O) groups is 1. The number of hydrogen-bond acceptors (Lipinski definition) is 4. The Morgan fingerprint density at radius 2 is 1.91 bits per heavy atom. The predicted octanol–water partition coefficient (Wildman–Crippen LogP) is 3.95. The van der Waals surface area contributed by atoms with E-state index in [2.05, 4.69) is 15.5 Å². The Labute approximate surface area is 131 Å². The number of carbonyl (C=O) groups excluding carboxylic acids is 1. The maximum atomic E-state index is 12.1. The summed E-state index contributed by atoms with van der Waals surface area (Å²) in [6.45, 7) is 1.95. The fourth-order valence-electron chi connectivity index (χ4n) is 1.93. The lowest BCUT2D eigenvalue weighted by Crippen LogP contribution is -2.12. The number of aromatic nitrogens is 2. The fraction of sp³-hybridized carbons (Fsp3) is 0.0625. The molecule has 3 aromatic rings. The molecule has 110 valence electrons. The van der Waals surface area contributed by atoms with Crippen LogP contribution in [0.1, 0.15) is 16.2 Å². The summed E-state index contributed by atoms with van der Waals surface area (Å²) < 4.78 is 5.40. The van der Waals surface area contributed by atoms with E-state index in [0.29, 0.717) is 16.3 Å². The maximum Gasteiger partial charge on any atom is 0.313 e. The lowest BCUT2D eigenvalue weighted by molar-refractivity contribution is 0.0991. The number of anilines is 1. The van der Waals surface area contributed by atoms with Gasteiger partial charge in [-0.15, -0.1) is 10.2 Å². The van der Waals surface area contributed by atoms with Crippen molar-refractivity contribution in [1.29, 1.82) is 0 Å². The van der Waals surface area contributed by atoms with Gasteiger partial charge in [-0.2, -0.15) is 0 Å². The molecule has 0 aliphatic carbocycles. The Bertz CT molecular complexity index is 812. The Hall–Kier alpha value is -2.66. The van der Waals surface area contributed by atoms with E-state index in [1.807, 2.05) is 25.1 Å². The van der Waals surface area contributed by atoms with Crippen LogP contribution in [0.15, 0.2) is 52.9 Å². The van der Waals surface area contributed by atoms with E-state index in [4.69, 9.17) is 16.0 Å². The van der Waals surface area contributed by atoms with Crippen molar-refractivity contribution in [2.24, 2.45) is 0 Å². The molecule has 3 rings (SSSR count). The van der Waals surface area contributed by atoms with E-state index in [-0.39, 0.29) is 11.8 Å². The van der Waals surface area contributed by atoms with Crippen LogP contribution in [0.4, 0.5) is 5.69 Å². The molecule has 0 aliphatic heterocycles. The van der Waals surface area contributed by atoms with Crippen LogP contribution in [0.25, 0.3) is 11.5 Å². The fourth-order valence-corrected chi connectivity index (χ4v) is 2.06. The Balaban J connectivity index is 1.78. The van der Waals surface area contributed by atoms with Crippen molar-refractivity contribution in [3.8, 4) is 11.5 Å². The lowest BCUT2D eigenvalue weighted by atomic mass is 10.2. The van der Waals surface area contributed by atoms with Crippen LogP contribution < -0.4 is 5.32 Å². The second-order valence-corrected chi connectivity index (χ2v) is 5.18. The highest BCUT2D eigenvalue weighted by molar-refractivity contribution is 6.30. The summed E-state index contributed by atoms with van der Waals surface area (Å²) in [4.78, 5) is 12.1. The highest BCUT2D eigenvalue weighted by Crippen LogP contribution is 2.20. The molecule has 1 aromatic heterocycles. The molecule has 0 saturated carbocycles. The van der Waals surface area contributed by atoms with Crippen LogP contribution in [0, 0.1) is 6.92 Å². The first-order chi connectivity index (χ1) is 10.6. The zero-order valence-electron chi connectivity index (χ0n) is 11.7.